The third-order valence-corrected chi connectivity index (χ3v) is 8.84. The maximum atomic E-state index is 12.3. The Hall–Kier alpha value is -4.01. The highest BCUT2D eigenvalue weighted by molar-refractivity contribution is 9.11. The Morgan fingerprint density at radius 3 is 1.22 bits per heavy atom. The van der Waals surface area contributed by atoms with Gasteiger partial charge in [0.15, 0.2) is 11.6 Å². The Bertz CT molecular complexity index is 2000. The predicted octanol–water partition coefficient (Wildman–Crippen LogP) is 13.4. The van der Waals surface area contributed by atoms with Gasteiger partial charge < -0.3 is 0 Å². The number of ketones is 2. The summed E-state index contributed by atoms with van der Waals surface area (Å²) in [5.74, 6) is 0.0975. The van der Waals surface area contributed by atoms with Crippen molar-refractivity contribution < 1.29 is 14.4 Å². The van der Waals surface area contributed by atoms with Crippen molar-refractivity contribution in [1.82, 2.24) is 0 Å². The quantitative estimate of drug-likeness (QED) is 0.0911. The molecule has 0 aliphatic heterocycles. The summed E-state index contributed by atoms with van der Waals surface area (Å²) >= 11 is 13.4. The van der Waals surface area contributed by atoms with Crippen molar-refractivity contribution in [2.45, 2.75) is 6.92 Å². The van der Waals surface area contributed by atoms with E-state index in [1.54, 1.807) is 25.1 Å². The third-order valence-electron chi connectivity index (χ3n) is 7.01. The maximum absolute atomic E-state index is 12.3. The van der Waals surface area contributed by atoms with Crippen LogP contribution < -0.4 is 0 Å². The minimum atomic E-state index is -0.00860. The fraction of sp³-hybridized carbons (Fsp3) is 0.0238. The minimum Gasteiger partial charge on any atom is -0.298 e. The second-order valence-electron chi connectivity index (χ2n) is 10.7. The first kappa shape index (κ1) is 37.8. The number of halogens is 4. The molecule has 6 aromatic rings. The van der Waals surface area contributed by atoms with Crippen LogP contribution in [-0.2, 0) is 0 Å². The van der Waals surface area contributed by atoms with E-state index in [4.69, 9.17) is 0 Å². The standard InChI is InChI=1S/C21H14Br2O.C14H12O.C7H4Br2O/c22-19-12-15(13-20(23)14-19)6-11-21(24)18-9-7-17(8-10-18)16-4-2-1-3-5-16;1-11(15)12-7-9-14(10-8-12)13-5-3-2-4-6-13;8-6-1-5(4-10)2-7(9)3-6/h1-14H;2-10H,1H3;1-4H/b11-6+;;. The van der Waals surface area contributed by atoms with Crippen molar-refractivity contribution in [1.29, 1.82) is 0 Å². The number of aldehydes is 1. The van der Waals surface area contributed by atoms with Gasteiger partial charge in [-0.25, -0.2) is 0 Å². The van der Waals surface area contributed by atoms with Gasteiger partial charge in [-0.1, -0.05) is 179 Å². The highest BCUT2D eigenvalue weighted by Crippen LogP contribution is 2.23. The molecular formula is C42H30Br4O3. The van der Waals surface area contributed by atoms with E-state index in [1.165, 1.54) is 5.56 Å². The molecule has 0 fully saturated rings. The highest BCUT2D eigenvalue weighted by atomic mass is 79.9. The van der Waals surface area contributed by atoms with Crippen molar-refractivity contribution in [2.75, 3.05) is 0 Å². The van der Waals surface area contributed by atoms with Gasteiger partial charge in [-0.05, 0) is 77.2 Å². The molecule has 0 aliphatic carbocycles. The molecule has 3 nitrogen and oxygen atoms in total. The van der Waals surface area contributed by atoms with Gasteiger partial charge in [0.1, 0.15) is 6.29 Å². The van der Waals surface area contributed by atoms with Gasteiger partial charge in [-0.2, -0.15) is 0 Å². The number of carbonyl (C=O) groups excluding carboxylic acids is 3. The number of hydrogen-bond acceptors (Lipinski definition) is 3. The van der Waals surface area contributed by atoms with Crippen LogP contribution in [0.15, 0.2) is 170 Å². The average Bonchev–Trinajstić information content (AvgIpc) is 3.11. The monoisotopic (exact) mass is 898 g/mol. The van der Waals surface area contributed by atoms with E-state index in [2.05, 4.69) is 88.0 Å². The lowest BCUT2D eigenvalue weighted by Crippen LogP contribution is -1.93. The Kier molecular flexibility index (Phi) is 14.8. The van der Waals surface area contributed by atoms with Crippen LogP contribution in [0.3, 0.4) is 0 Å². The molecule has 49 heavy (non-hydrogen) atoms. The van der Waals surface area contributed by atoms with Gasteiger partial charge in [0.05, 0.1) is 0 Å². The van der Waals surface area contributed by atoms with E-state index >= 15 is 0 Å². The van der Waals surface area contributed by atoms with Crippen LogP contribution in [0, 0.1) is 0 Å². The lowest BCUT2D eigenvalue weighted by molar-refractivity contribution is 0.101. The molecule has 0 bridgehead atoms. The molecule has 0 radical (unpaired) electrons. The van der Waals surface area contributed by atoms with Crippen LogP contribution in [-0.4, -0.2) is 17.9 Å². The van der Waals surface area contributed by atoms with E-state index in [0.717, 1.165) is 52.0 Å². The van der Waals surface area contributed by atoms with E-state index in [0.29, 0.717) is 11.1 Å². The highest BCUT2D eigenvalue weighted by Gasteiger charge is 2.04. The van der Waals surface area contributed by atoms with Crippen molar-refractivity contribution in [3.8, 4) is 22.3 Å². The first-order valence-corrected chi connectivity index (χ1v) is 18.2. The molecule has 0 amide bonds. The minimum absolute atomic E-state index is 0.00860. The van der Waals surface area contributed by atoms with Crippen LogP contribution in [0.5, 0.6) is 0 Å². The van der Waals surface area contributed by atoms with Crippen molar-refractivity contribution in [3.05, 3.63) is 192 Å². The summed E-state index contributed by atoms with van der Waals surface area (Å²) in [6, 6.07) is 46.9. The summed E-state index contributed by atoms with van der Waals surface area (Å²) in [6.07, 6.45) is 4.24. The zero-order chi connectivity index (χ0) is 35.2. The Morgan fingerprint density at radius 1 is 0.469 bits per heavy atom. The zero-order valence-electron chi connectivity index (χ0n) is 26.3. The summed E-state index contributed by atoms with van der Waals surface area (Å²) in [7, 11) is 0. The average molecular weight is 902 g/mol. The van der Waals surface area contributed by atoms with E-state index in [-0.39, 0.29) is 11.6 Å². The SMILES string of the molecule is CC(=O)c1ccc(-c2ccccc2)cc1.O=C(/C=C/c1cc(Br)cc(Br)c1)c1ccc(-c2ccccc2)cc1.O=Cc1cc(Br)cc(Br)c1. The van der Waals surface area contributed by atoms with Crippen LogP contribution >= 0.6 is 63.7 Å². The van der Waals surface area contributed by atoms with Crippen molar-refractivity contribution in [3.63, 3.8) is 0 Å². The molecular weight excluding hydrogens is 872 g/mol. The molecule has 7 heteroatoms. The maximum Gasteiger partial charge on any atom is 0.185 e. The summed E-state index contributed by atoms with van der Waals surface area (Å²) in [4.78, 5) is 33.7. The first-order valence-electron chi connectivity index (χ1n) is 15.0. The number of hydrogen-bond donors (Lipinski definition) is 0. The third kappa shape index (κ3) is 12.4. The second-order valence-corrected chi connectivity index (χ2v) is 14.3. The summed E-state index contributed by atoms with van der Waals surface area (Å²) < 4.78 is 3.75. The van der Waals surface area contributed by atoms with Crippen LogP contribution in [0.2, 0.25) is 0 Å². The van der Waals surface area contributed by atoms with E-state index < -0.39 is 0 Å². The lowest BCUT2D eigenvalue weighted by atomic mass is 10.0. The molecule has 6 aromatic carbocycles. The molecule has 0 aromatic heterocycles. The van der Waals surface area contributed by atoms with E-state index in [9.17, 15) is 14.4 Å². The molecule has 6 rings (SSSR count). The summed E-state index contributed by atoms with van der Waals surface area (Å²) in [6.45, 7) is 1.58. The first-order chi connectivity index (χ1) is 23.6. The largest absolute Gasteiger partial charge is 0.298 e. The smallest absolute Gasteiger partial charge is 0.185 e. The fourth-order valence-corrected chi connectivity index (χ4v) is 7.23. The Balaban J connectivity index is 0.000000184. The van der Waals surface area contributed by atoms with Gasteiger partial charge in [-0.15, -0.1) is 0 Å². The van der Waals surface area contributed by atoms with Crippen LogP contribution in [0.25, 0.3) is 28.3 Å². The number of carbonyl (C=O) groups is 3. The van der Waals surface area contributed by atoms with Crippen LogP contribution in [0.1, 0.15) is 43.6 Å². The second kappa shape index (κ2) is 19.2. The number of rotatable bonds is 7. The molecule has 0 atom stereocenters. The van der Waals surface area contributed by atoms with Gasteiger partial charge in [0, 0.05) is 34.6 Å². The van der Waals surface area contributed by atoms with Gasteiger partial charge >= 0.3 is 0 Å². The molecule has 0 N–H and O–H groups in total. The van der Waals surface area contributed by atoms with Gasteiger partial charge in [0.25, 0.3) is 0 Å². The topological polar surface area (TPSA) is 51.2 Å². The molecule has 0 unspecified atom stereocenters. The molecule has 0 heterocycles. The molecule has 0 aliphatic rings. The van der Waals surface area contributed by atoms with Gasteiger partial charge in [-0.3, -0.25) is 14.4 Å². The Labute approximate surface area is 320 Å². The number of allylic oxidation sites excluding steroid dienone is 1. The molecule has 0 spiro atoms. The molecule has 0 saturated carbocycles. The summed E-state index contributed by atoms with van der Waals surface area (Å²) in [5.41, 5.74) is 7.63. The fourth-order valence-electron chi connectivity index (χ4n) is 4.57. The number of Topliss-reactive ketones (excluding diaryl/α,β-unsaturated/α-hetero) is 1. The normalized spacial score (nSPS) is 10.3. The zero-order valence-corrected chi connectivity index (χ0v) is 32.7. The van der Waals surface area contributed by atoms with Crippen molar-refractivity contribution in [2.24, 2.45) is 0 Å². The molecule has 244 valence electrons. The predicted molar refractivity (Wildman–Crippen MR) is 216 cm³/mol. The Morgan fingerprint density at radius 2 is 0.837 bits per heavy atom. The van der Waals surface area contributed by atoms with Crippen LogP contribution in [0.4, 0.5) is 0 Å². The lowest BCUT2D eigenvalue weighted by Gasteiger charge is -2.02. The van der Waals surface area contributed by atoms with E-state index in [1.807, 2.05) is 115 Å². The number of benzene rings is 6. The van der Waals surface area contributed by atoms with Crippen molar-refractivity contribution >= 4 is 87.6 Å². The summed E-state index contributed by atoms with van der Waals surface area (Å²) in [5, 5.41) is 0. The van der Waals surface area contributed by atoms with Gasteiger partial charge in [0.2, 0.25) is 0 Å². The molecule has 0 saturated heterocycles.